The van der Waals surface area contributed by atoms with Crippen LogP contribution in [0.25, 0.3) is 11.1 Å². The third-order valence-electron chi connectivity index (χ3n) is 5.12. The highest BCUT2D eigenvalue weighted by Crippen LogP contribution is 2.31. The van der Waals surface area contributed by atoms with Crippen LogP contribution in [0, 0.1) is 11.6 Å². The number of sulfone groups is 1. The maximum absolute atomic E-state index is 14.6. The van der Waals surface area contributed by atoms with Gasteiger partial charge in [0.1, 0.15) is 17.7 Å². The zero-order valence-electron chi connectivity index (χ0n) is 16.1. The van der Waals surface area contributed by atoms with Crippen molar-refractivity contribution < 1.29 is 32.0 Å². The van der Waals surface area contributed by atoms with Gasteiger partial charge in [-0.1, -0.05) is 17.3 Å². The summed E-state index contributed by atoms with van der Waals surface area (Å²) in [5.41, 5.74) is 2.21. The van der Waals surface area contributed by atoms with E-state index in [-0.39, 0.29) is 24.0 Å². The fourth-order valence-corrected chi connectivity index (χ4v) is 4.05. The van der Waals surface area contributed by atoms with Crippen LogP contribution in [0.1, 0.15) is 25.3 Å². The van der Waals surface area contributed by atoms with E-state index >= 15 is 0 Å². The number of hydroxylamine groups is 1. The second-order valence-corrected chi connectivity index (χ2v) is 9.61. The third-order valence-corrected chi connectivity index (χ3v) is 7.10. The quantitative estimate of drug-likeness (QED) is 0.526. The highest BCUT2D eigenvalue weighted by molar-refractivity contribution is 7.92. The van der Waals surface area contributed by atoms with Crippen LogP contribution < -0.4 is 5.48 Å². The average molecular weight is 439 g/mol. The molecule has 0 radical (unpaired) electrons. The number of amides is 1. The lowest BCUT2D eigenvalue weighted by Crippen LogP contribution is -2.51. The fourth-order valence-electron chi connectivity index (χ4n) is 3.18. The maximum Gasteiger partial charge on any atom is 0.264 e. The molecule has 2 aromatic rings. The molecule has 0 saturated heterocycles. The number of carbonyl (C=O) groups is 1. The Morgan fingerprint density at radius 2 is 2.00 bits per heavy atom. The lowest BCUT2D eigenvalue weighted by atomic mass is 9.95. The fraction of sp³-hybridized carbons (Fsp3) is 0.316. The molecule has 1 aliphatic heterocycles. The molecule has 160 valence electrons. The Morgan fingerprint density at radius 1 is 1.30 bits per heavy atom. The van der Waals surface area contributed by atoms with Crippen molar-refractivity contribution in [3.8, 4) is 11.1 Å². The molecular weight excluding hydrogens is 420 g/mol. The van der Waals surface area contributed by atoms with Crippen LogP contribution in [0.3, 0.4) is 0 Å². The van der Waals surface area contributed by atoms with E-state index in [1.807, 2.05) is 0 Å². The smallest absolute Gasteiger partial charge is 0.264 e. The summed E-state index contributed by atoms with van der Waals surface area (Å²) in [4.78, 5) is 20.8. The number of carbonyl (C=O) groups excluding carboxylic acids is 1. The van der Waals surface area contributed by atoms with E-state index < -0.39 is 38.2 Å². The number of halogens is 2. The molecule has 2 N–H and O–H groups in total. The number of aromatic nitrogens is 1. The van der Waals surface area contributed by atoms with Gasteiger partial charge >= 0.3 is 0 Å². The molecule has 8 nitrogen and oxygen atoms in total. The number of rotatable bonds is 6. The molecule has 1 aliphatic rings. The van der Waals surface area contributed by atoms with Crippen molar-refractivity contribution in [1.82, 2.24) is 10.5 Å². The largest absolute Gasteiger partial charge is 0.392 e. The molecule has 2 atom stereocenters. The van der Waals surface area contributed by atoms with Gasteiger partial charge < -0.3 is 4.84 Å². The maximum atomic E-state index is 14.6. The molecule has 3 rings (SSSR count). The van der Waals surface area contributed by atoms with Crippen LogP contribution in [0.5, 0.6) is 0 Å². The molecule has 0 spiro atoms. The van der Waals surface area contributed by atoms with Gasteiger partial charge in [-0.05, 0) is 19.1 Å². The molecule has 0 aliphatic carbocycles. The first kappa shape index (κ1) is 21.8. The van der Waals surface area contributed by atoms with Crippen LogP contribution in [0.15, 0.2) is 41.8 Å². The number of hydrogen-bond donors (Lipinski definition) is 2. The van der Waals surface area contributed by atoms with Crippen molar-refractivity contribution in [2.75, 3.05) is 6.26 Å². The Hall–Kier alpha value is -2.92. The van der Waals surface area contributed by atoms with Crippen molar-refractivity contribution in [2.45, 2.75) is 30.6 Å². The minimum absolute atomic E-state index is 0.0546. The van der Waals surface area contributed by atoms with Gasteiger partial charge in [0.05, 0.1) is 11.9 Å². The first-order valence-electron chi connectivity index (χ1n) is 8.83. The van der Waals surface area contributed by atoms with E-state index in [9.17, 15) is 22.0 Å². The summed E-state index contributed by atoms with van der Waals surface area (Å²) in [7, 11) is -3.90. The van der Waals surface area contributed by atoms with Gasteiger partial charge in [0.25, 0.3) is 5.91 Å². The van der Waals surface area contributed by atoms with Crippen molar-refractivity contribution in [3.63, 3.8) is 0 Å². The second-order valence-electron chi connectivity index (χ2n) is 7.17. The average Bonchev–Trinajstić information content (AvgIpc) is 3.15. The van der Waals surface area contributed by atoms with Crippen LogP contribution in [0.2, 0.25) is 0 Å². The van der Waals surface area contributed by atoms with E-state index in [0.717, 1.165) is 12.5 Å². The highest BCUT2D eigenvalue weighted by Gasteiger charge is 2.47. The van der Waals surface area contributed by atoms with Gasteiger partial charge in [-0.2, -0.15) is 0 Å². The van der Waals surface area contributed by atoms with E-state index in [4.69, 9.17) is 10.0 Å². The molecule has 0 bridgehead atoms. The number of pyridine rings is 1. The lowest BCUT2D eigenvalue weighted by molar-refractivity contribution is -0.132. The summed E-state index contributed by atoms with van der Waals surface area (Å²) in [5.74, 6) is -2.42. The summed E-state index contributed by atoms with van der Waals surface area (Å²) in [6, 6.07) is 5.48. The second kappa shape index (κ2) is 8.07. The number of benzene rings is 1. The predicted octanol–water partition coefficient (Wildman–Crippen LogP) is 2.22. The lowest BCUT2D eigenvalue weighted by Gasteiger charge is -2.26. The Morgan fingerprint density at radius 3 is 2.60 bits per heavy atom. The molecule has 0 fully saturated rings. The molecule has 1 amide bonds. The minimum Gasteiger partial charge on any atom is -0.392 e. The van der Waals surface area contributed by atoms with Gasteiger partial charge in [-0.15, -0.1) is 0 Å². The van der Waals surface area contributed by atoms with Gasteiger partial charge in [0.2, 0.25) is 0 Å². The van der Waals surface area contributed by atoms with Gasteiger partial charge in [-0.25, -0.2) is 22.7 Å². The summed E-state index contributed by atoms with van der Waals surface area (Å²) in [6.45, 7) is 1.17. The zero-order chi connectivity index (χ0) is 22.1. The summed E-state index contributed by atoms with van der Waals surface area (Å²) in [5, 5.41) is 12.8. The molecule has 1 aromatic heterocycles. The van der Waals surface area contributed by atoms with Crippen LogP contribution in [-0.2, 0) is 19.5 Å². The number of oxime groups is 1. The first-order valence-corrected chi connectivity index (χ1v) is 10.7. The SMILES string of the molecule is C[C@@](C[C@H]1CC(c2ccc(-c3ccncc3F)c(F)c2)=NO1)(C(=O)NO)S(C)(=O)=O. The van der Waals surface area contributed by atoms with Crippen LogP contribution >= 0.6 is 0 Å². The van der Waals surface area contributed by atoms with E-state index in [1.54, 1.807) is 6.07 Å². The van der Waals surface area contributed by atoms with Crippen molar-refractivity contribution in [2.24, 2.45) is 5.16 Å². The number of nitrogens with one attached hydrogen (secondary N) is 1. The molecule has 0 unspecified atom stereocenters. The summed E-state index contributed by atoms with van der Waals surface area (Å²) >= 11 is 0. The Labute approximate surface area is 171 Å². The van der Waals surface area contributed by atoms with Gasteiger partial charge in [0.15, 0.2) is 14.6 Å². The number of hydrogen-bond acceptors (Lipinski definition) is 7. The zero-order valence-corrected chi connectivity index (χ0v) is 16.9. The van der Waals surface area contributed by atoms with E-state index in [2.05, 4.69) is 10.1 Å². The Kier molecular flexibility index (Phi) is 5.86. The summed E-state index contributed by atoms with van der Waals surface area (Å²) < 4.78 is 50.7. The van der Waals surface area contributed by atoms with Crippen molar-refractivity contribution in [1.29, 1.82) is 0 Å². The molecule has 1 aromatic carbocycles. The van der Waals surface area contributed by atoms with Gasteiger partial charge in [-0.3, -0.25) is 15.0 Å². The third kappa shape index (κ3) is 4.03. The summed E-state index contributed by atoms with van der Waals surface area (Å²) in [6.07, 6.45) is 2.29. The van der Waals surface area contributed by atoms with Crippen LogP contribution in [0.4, 0.5) is 8.78 Å². The number of nitrogens with zero attached hydrogens (tertiary/aromatic N) is 2. The highest BCUT2D eigenvalue weighted by atomic mass is 32.2. The normalized spacial score (nSPS) is 18.3. The van der Waals surface area contributed by atoms with E-state index in [0.29, 0.717) is 11.3 Å². The molecule has 0 saturated carbocycles. The molecule has 11 heteroatoms. The molecular formula is C19H19F2N3O5S. The molecule has 2 heterocycles. The van der Waals surface area contributed by atoms with Crippen LogP contribution in [-0.4, -0.2) is 47.3 Å². The monoisotopic (exact) mass is 439 g/mol. The predicted molar refractivity (Wildman–Crippen MR) is 103 cm³/mol. The van der Waals surface area contributed by atoms with Crippen molar-refractivity contribution in [3.05, 3.63) is 53.9 Å². The van der Waals surface area contributed by atoms with Gasteiger partial charge in [0, 0.05) is 42.0 Å². The van der Waals surface area contributed by atoms with E-state index in [1.165, 1.54) is 36.8 Å². The van der Waals surface area contributed by atoms with Crippen molar-refractivity contribution >= 4 is 21.5 Å². The Balaban J connectivity index is 1.79. The molecule has 30 heavy (non-hydrogen) atoms. The minimum atomic E-state index is -3.90. The standard InChI is InChI=1S/C19H19F2N3O5S/c1-19(18(25)23-26,30(2,27)28)9-12-8-17(24-29-12)11-3-4-13(15(20)7-11)14-5-6-22-10-16(14)21/h3-7,10,12,26H,8-9H2,1-2H3,(H,23,25)/t12-,19-/m1/s1. The first-order chi connectivity index (χ1) is 14.1. The Bertz CT molecular complexity index is 1120. The topological polar surface area (TPSA) is 118 Å².